The summed E-state index contributed by atoms with van der Waals surface area (Å²) in [6.45, 7) is 14.6. The Morgan fingerprint density at radius 1 is 1.30 bits per heavy atom. The van der Waals surface area contributed by atoms with Crippen LogP contribution < -0.4 is 5.32 Å². The van der Waals surface area contributed by atoms with Crippen LogP contribution in [0.1, 0.15) is 46.1 Å². The number of aromatic nitrogens is 2. The van der Waals surface area contributed by atoms with Crippen LogP contribution in [0.5, 0.6) is 0 Å². The maximum absolute atomic E-state index is 4.43. The fourth-order valence-electron chi connectivity index (χ4n) is 2.57. The lowest BCUT2D eigenvalue weighted by Gasteiger charge is -2.30. The Morgan fingerprint density at radius 3 is 2.60 bits per heavy atom. The highest BCUT2D eigenvalue weighted by molar-refractivity contribution is 5.04. The molecule has 0 saturated carbocycles. The minimum Gasteiger partial charge on any atom is -0.311 e. The lowest BCUT2D eigenvalue weighted by molar-refractivity contribution is 0.193. The first-order valence-electron chi connectivity index (χ1n) is 7.92. The summed E-state index contributed by atoms with van der Waals surface area (Å²) >= 11 is 0. The summed E-state index contributed by atoms with van der Waals surface area (Å²) < 4.78 is 2.04. The largest absolute Gasteiger partial charge is 0.311 e. The molecule has 1 aromatic rings. The van der Waals surface area contributed by atoms with Crippen molar-refractivity contribution in [2.75, 3.05) is 26.2 Å². The second-order valence-electron chi connectivity index (χ2n) is 7.16. The van der Waals surface area contributed by atoms with E-state index in [4.69, 9.17) is 0 Å². The van der Waals surface area contributed by atoms with Crippen molar-refractivity contribution in [1.82, 2.24) is 20.0 Å². The van der Waals surface area contributed by atoms with Crippen LogP contribution in [0.4, 0.5) is 0 Å². The molecule has 1 fully saturated rings. The fraction of sp³-hybridized carbons (Fsp3) is 0.812. The summed E-state index contributed by atoms with van der Waals surface area (Å²) in [5.41, 5.74) is 1.34. The van der Waals surface area contributed by atoms with Gasteiger partial charge in [0, 0.05) is 31.4 Å². The maximum atomic E-state index is 4.43. The molecule has 114 valence electrons. The normalized spacial score (nSPS) is 18.6. The quantitative estimate of drug-likeness (QED) is 0.840. The molecule has 1 aromatic heterocycles. The van der Waals surface area contributed by atoms with Gasteiger partial charge in [-0.05, 0) is 52.6 Å². The molecule has 0 aliphatic carbocycles. The zero-order chi connectivity index (χ0) is 14.6. The van der Waals surface area contributed by atoms with Crippen LogP contribution in [0.3, 0.4) is 0 Å². The van der Waals surface area contributed by atoms with Crippen LogP contribution in [0.25, 0.3) is 0 Å². The van der Waals surface area contributed by atoms with Crippen LogP contribution >= 0.6 is 0 Å². The molecule has 0 bridgehead atoms. The molecule has 1 saturated heterocycles. The molecule has 4 nitrogen and oxygen atoms in total. The van der Waals surface area contributed by atoms with Crippen LogP contribution in [-0.4, -0.2) is 40.9 Å². The van der Waals surface area contributed by atoms with E-state index in [0.29, 0.717) is 0 Å². The van der Waals surface area contributed by atoms with Gasteiger partial charge in [-0.25, -0.2) is 0 Å². The smallest absolute Gasteiger partial charge is 0.0543 e. The van der Waals surface area contributed by atoms with E-state index in [1.165, 1.54) is 38.0 Å². The van der Waals surface area contributed by atoms with Gasteiger partial charge >= 0.3 is 0 Å². The Balaban J connectivity index is 1.65. The lowest BCUT2D eigenvalue weighted by atomic mass is 9.99. The average Bonchev–Trinajstić information content (AvgIpc) is 2.85. The third-order valence-corrected chi connectivity index (χ3v) is 4.13. The molecule has 0 amide bonds. The van der Waals surface area contributed by atoms with Gasteiger partial charge in [0.15, 0.2) is 0 Å². The fourth-order valence-corrected chi connectivity index (χ4v) is 2.57. The minimum absolute atomic E-state index is 0.0722. The minimum atomic E-state index is 0.0722. The predicted octanol–water partition coefficient (Wildman–Crippen LogP) is 2.46. The summed E-state index contributed by atoms with van der Waals surface area (Å²) in [5.74, 6) is 0.919. The molecule has 0 aromatic carbocycles. The second-order valence-corrected chi connectivity index (χ2v) is 7.16. The molecular formula is C16H30N4. The summed E-state index contributed by atoms with van der Waals surface area (Å²) in [5, 5.41) is 7.96. The first-order chi connectivity index (χ1) is 9.45. The Bertz CT molecular complexity index is 397. The van der Waals surface area contributed by atoms with E-state index in [0.717, 1.165) is 19.0 Å². The standard InChI is InChI=1S/C16H30N4/c1-14-5-8-19(9-6-14)10-7-17-11-15-12-18-20(13-15)16(2,3)4/h12-14,17H,5-11H2,1-4H3. The lowest BCUT2D eigenvalue weighted by Crippen LogP contribution is -2.37. The summed E-state index contributed by atoms with van der Waals surface area (Å²) in [6, 6.07) is 0. The Hall–Kier alpha value is -0.870. The number of hydrogen-bond donors (Lipinski definition) is 1. The molecule has 2 rings (SSSR count). The molecule has 0 unspecified atom stereocenters. The van der Waals surface area contributed by atoms with E-state index >= 15 is 0 Å². The molecule has 0 radical (unpaired) electrons. The van der Waals surface area contributed by atoms with Crippen LogP contribution in [0, 0.1) is 5.92 Å². The Kier molecular flexibility index (Phi) is 5.22. The van der Waals surface area contributed by atoms with Gasteiger partial charge in [-0.1, -0.05) is 6.92 Å². The summed E-state index contributed by atoms with van der Waals surface area (Å²) in [6.07, 6.45) is 6.84. The number of likely N-dealkylation sites (tertiary alicyclic amines) is 1. The third-order valence-electron chi connectivity index (χ3n) is 4.13. The SMILES string of the molecule is CC1CCN(CCNCc2cnn(C(C)(C)C)c2)CC1. The molecule has 4 heteroatoms. The van der Waals surface area contributed by atoms with Gasteiger partial charge in [0.25, 0.3) is 0 Å². The van der Waals surface area contributed by atoms with Crippen molar-refractivity contribution in [2.24, 2.45) is 5.92 Å². The van der Waals surface area contributed by atoms with E-state index in [-0.39, 0.29) is 5.54 Å². The molecule has 1 aliphatic heterocycles. The van der Waals surface area contributed by atoms with Gasteiger partial charge < -0.3 is 10.2 Å². The first-order valence-corrected chi connectivity index (χ1v) is 7.92. The Morgan fingerprint density at radius 2 is 2.00 bits per heavy atom. The van der Waals surface area contributed by atoms with Crippen molar-refractivity contribution in [2.45, 2.75) is 52.6 Å². The number of nitrogens with zero attached hydrogens (tertiary/aromatic N) is 3. The zero-order valence-electron chi connectivity index (χ0n) is 13.5. The second kappa shape index (κ2) is 6.72. The van der Waals surface area contributed by atoms with Crippen LogP contribution in [0.2, 0.25) is 0 Å². The molecule has 2 heterocycles. The van der Waals surface area contributed by atoms with Gasteiger partial charge in [0.1, 0.15) is 0 Å². The highest BCUT2D eigenvalue weighted by atomic mass is 15.3. The van der Waals surface area contributed by atoms with Gasteiger partial charge in [-0.2, -0.15) is 5.10 Å². The summed E-state index contributed by atoms with van der Waals surface area (Å²) in [7, 11) is 0. The van der Waals surface area contributed by atoms with Crippen molar-refractivity contribution in [3.05, 3.63) is 18.0 Å². The van der Waals surface area contributed by atoms with Crippen molar-refractivity contribution in [3.8, 4) is 0 Å². The third kappa shape index (κ3) is 4.60. The van der Waals surface area contributed by atoms with E-state index in [1.807, 2.05) is 10.9 Å². The monoisotopic (exact) mass is 278 g/mol. The molecular weight excluding hydrogens is 248 g/mol. The number of nitrogens with one attached hydrogen (secondary N) is 1. The highest BCUT2D eigenvalue weighted by Gasteiger charge is 2.15. The van der Waals surface area contributed by atoms with Gasteiger partial charge in [-0.3, -0.25) is 4.68 Å². The molecule has 20 heavy (non-hydrogen) atoms. The highest BCUT2D eigenvalue weighted by Crippen LogP contribution is 2.15. The molecule has 1 N–H and O–H groups in total. The van der Waals surface area contributed by atoms with Crippen LogP contribution in [0.15, 0.2) is 12.4 Å². The van der Waals surface area contributed by atoms with Crippen LogP contribution in [-0.2, 0) is 12.1 Å². The van der Waals surface area contributed by atoms with Crippen molar-refractivity contribution in [1.29, 1.82) is 0 Å². The number of hydrogen-bond acceptors (Lipinski definition) is 3. The van der Waals surface area contributed by atoms with E-state index in [2.05, 4.69) is 49.2 Å². The van der Waals surface area contributed by atoms with E-state index < -0.39 is 0 Å². The van der Waals surface area contributed by atoms with E-state index in [9.17, 15) is 0 Å². The Labute approximate surface area is 123 Å². The maximum Gasteiger partial charge on any atom is 0.0543 e. The van der Waals surface area contributed by atoms with Crippen molar-refractivity contribution in [3.63, 3.8) is 0 Å². The van der Waals surface area contributed by atoms with Crippen molar-refractivity contribution < 1.29 is 0 Å². The van der Waals surface area contributed by atoms with E-state index in [1.54, 1.807) is 0 Å². The first kappa shape index (κ1) is 15.5. The number of rotatable bonds is 5. The topological polar surface area (TPSA) is 33.1 Å². The molecule has 1 aliphatic rings. The zero-order valence-corrected chi connectivity index (χ0v) is 13.5. The van der Waals surface area contributed by atoms with Gasteiger partial charge in [0.2, 0.25) is 0 Å². The summed E-state index contributed by atoms with van der Waals surface area (Å²) in [4.78, 5) is 2.57. The molecule has 0 atom stereocenters. The predicted molar refractivity (Wildman–Crippen MR) is 83.8 cm³/mol. The van der Waals surface area contributed by atoms with Gasteiger partial charge in [0.05, 0.1) is 11.7 Å². The van der Waals surface area contributed by atoms with Crippen molar-refractivity contribution >= 4 is 0 Å². The molecule has 0 spiro atoms. The number of piperidine rings is 1. The average molecular weight is 278 g/mol. The van der Waals surface area contributed by atoms with Gasteiger partial charge in [-0.15, -0.1) is 0 Å².